The summed E-state index contributed by atoms with van der Waals surface area (Å²) in [4.78, 5) is 0. The highest BCUT2D eigenvalue weighted by atomic mass is 32.2. The zero-order chi connectivity index (χ0) is 11.7. The fourth-order valence-corrected chi connectivity index (χ4v) is 2.59. The third kappa shape index (κ3) is 3.16. The van der Waals surface area contributed by atoms with Gasteiger partial charge in [-0.15, -0.1) is 0 Å². The van der Waals surface area contributed by atoms with Gasteiger partial charge in [0.2, 0.25) is 10.0 Å². The summed E-state index contributed by atoms with van der Waals surface area (Å²) in [6, 6.07) is 0.0305. The van der Waals surface area contributed by atoms with E-state index in [1.165, 1.54) is 0 Å². The first-order chi connectivity index (χ1) is 6.74. The van der Waals surface area contributed by atoms with Crippen LogP contribution in [-0.4, -0.2) is 32.3 Å². The van der Waals surface area contributed by atoms with Crippen molar-refractivity contribution < 1.29 is 8.42 Å². The Morgan fingerprint density at radius 2 is 1.93 bits per heavy atom. The molecular weight excluding hydrogens is 212 g/mol. The van der Waals surface area contributed by atoms with E-state index in [-0.39, 0.29) is 6.04 Å². The maximum Gasteiger partial charge on any atom is 0.216 e. The van der Waals surface area contributed by atoms with Gasteiger partial charge in [0, 0.05) is 12.6 Å². The highest BCUT2D eigenvalue weighted by Gasteiger charge is 2.33. The van der Waals surface area contributed by atoms with Crippen LogP contribution in [0.1, 0.15) is 34.1 Å². The molecule has 0 aliphatic carbocycles. The topological polar surface area (TPSA) is 58.2 Å². The predicted octanol–water partition coefficient (Wildman–Crippen LogP) is 0.702. The van der Waals surface area contributed by atoms with E-state index in [0.29, 0.717) is 5.92 Å². The average molecular weight is 234 g/mol. The van der Waals surface area contributed by atoms with Crippen molar-refractivity contribution in [1.82, 2.24) is 10.0 Å². The van der Waals surface area contributed by atoms with Gasteiger partial charge in [-0.05, 0) is 39.7 Å². The first kappa shape index (κ1) is 12.9. The lowest BCUT2D eigenvalue weighted by Crippen LogP contribution is -2.53. The monoisotopic (exact) mass is 234 g/mol. The maximum absolute atomic E-state index is 11.9. The number of piperidine rings is 1. The Morgan fingerprint density at radius 3 is 2.40 bits per heavy atom. The summed E-state index contributed by atoms with van der Waals surface area (Å²) in [6.45, 7) is 8.96. The summed E-state index contributed by atoms with van der Waals surface area (Å²) in [5, 5.41) is 3.21. The molecule has 4 nitrogen and oxygen atoms in total. The molecule has 2 N–H and O–H groups in total. The minimum Gasteiger partial charge on any atom is -0.315 e. The molecule has 0 spiro atoms. The molecule has 0 amide bonds. The van der Waals surface area contributed by atoms with Gasteiger partial charge in [0.15, 0.2) is 0 Å². The van der Waals surface area contributed by atoms with Gasteiger partial charge in [-0.3, -0.25) is 0 Å². The van der Waals surface area contributed by atoms with Crippen molar-refractivity contribution in [2.24, 2.45) is 5.92 Å². The van der Waals surface area contributed by atoms with E-state index in [1.807, 2.05) is 0 Å². The van der Waals surface area contributed by atoms with Gasteiger partial charge in [0.25, 0.3) is 0 Å². The van der Waals surface area contributed by atoms with Gasteiger partial charge in [0.1, 0.15) is 0 Å². The Balaban J connectivity index is 2.69. The van der Waals surface area contributed by atoms with Crippen molar-refractivity contribution in [3.63, 3.8) is 0 Å². The number of hydrogen-bond donors (Lipinski definition) is 2. The zero-order valence-corrected chi connectivity index (χ0v) is 10.8. The van der Waals surface area contributed by atoms with Crippen molar-refractivity contribution in [3.05, 3.63) is 0 Å². The fourth-order valence-electron chi connectivity index (χ4n) is 1.52. The number of nitrogens with one attached hydrogen (secondary N) is 2. The minimum absolute atomic E-state index is 0.0305. The van der Waals surface area contributed by atoms with Crippen LogP contribution in [0.15, 0.2) is 0 Å². The van der Waals surface area contributed by atoms with Crippen LogP contribution >= 0.6 is 0 Å². The summed E-state index contributed by atoms with van der Waals surface area (Å²) in [7, 11) is -3.22. The van der Waals surface area contributed by atoms with Gasteiger partial charge in [-0.2, -0.15) is 0 Å². The lowest BCUT2D eigenvalue weighted by molar-refractivity contribution is 0.325. The SMILES string of the molecule is CC1CCNCC1NS(=O)(=O)C(C)(C)C. The molecule has 0 saturated carbocycles. The molecule has 0 aromatic heterocycles. The van der Waals surface area contributed by atoms with E-state index < -0.39 is 14.8 Å². The van der Waals surface area contributed by atoms with Crippen molar-refractivity contribution in [3.8, 4) is 0 Å². The van der Waals surface area contributed by atoms with Gasteiger partial charge < -0.3 is 5.32 Å². The molecule has 2 unspecified atom stereocenters. The second kappa shape index (κ2) is 4.39. The van der Waals surface area contributed by atoms with Crippen LogP contribution in [0, 0.1) is 5.92 Å². The molecule has 1 saturated heterocycles. The summed E-state index contributed by atoms with van der Waals surface area (Å²) >= 11 is 0. The van der Waals surface area contributed by atoms with Crippen LogP contribution in [0.3, 0.4) is 0 Å². The molecule has 1 fully saturated rings. The summed E-state index contributed by atoms with van der Waals surface area (Å²) in [6.07, 6.45) is 1.03. The smallest absolute Gasteiger partial charge is 0.216 e. The van der Waals surface area contributed by atoms with E-state index in [0.717, 1.165) is 19.5 Å². The van der Waals surface area contributed by atoms with E-state index in [1.54, 1.807) is 20.8 Å². The second-order valence-corrected chi connectivity index (χ2v) is 7.78. The van der Waals surface area contributed by atoms with E-state index in [9.17, 15) is 8.42 Å². The Kier molecular flexibility index (Phi) is 3.79. The summed E-state index contributed by atoms with van der Waals surface area (Å²) in [5.74, 6) is 0.406. The van der Waals surface area contributed by atoms with Crippen molar-refractivity contribution in [2.45, 2.75) is 44.9 Å². The highest BCUT2D eigenvalue weighted by molar-refractivity contribution is 7.90. The normalized spacial score (nSPS) is 29.1. The number of sulfonamides is 1. The van der Waals surface area contributed by atoms with Crippen LogP contribution < -0.4 is 10.0 Å². The molecule has 0 aromatic carbocycles. The Labute approximate surface area is 92.9 Å². The van der Waals surface area contributed by atoms with Gasteiger partial charge in [-0.25, -0.2) is 13.1 Å². The van der Waals surface area contributed by atoms with Crippen LogP contribution in [0.4, 0.5) is 0 Å². The van der Waals surface area contributed by atoms with Crippen molar-refractivity contribution >= 4 is 10.0 Å². The Morgan fingerprint density at radius 1 is 1.33 bits per heavy atom. The first-order valence-corrected chi connectivity index (χ1v) is 6.95. The van der Waals surface area contributed by atoms with Crippen LogP contribution in [-0.2, 0) is 10.0 Å². The highest BCUT2D eigenvalue weighted by Crippen LogP contribution is 2.18. The maximum atomic E-state index is 11.9. The third-order valence-electron chi connectivity index (χ3n) is 2.94. The van der Waals surface area contributed by atoms with Gasteiger partial charge >= 0.3 is 0 Å². The standard InChI is InChI=1S/C10H22N2O2S/c1-8-5-6-11-7-9(8)12-15(13,14)10(2,3)4/h8-9,11-12H,5-7H2,1-4H3. The van der Waals surface area contributed by atoms with E-state index in [2.05, 4.69) is 17.0 Å². The molecule has 0 radical (unpaired) electrons. The zero-order valence-electron chi connectivity index (χ0n) is 10.0. The van der Waals surface area contributed by atoms with Crippen molar-refractivity contribution in [1.29, 1.82) is 0 Å². The Bertz CT molecular complexity index is 306. The fraction of sp³-hybridized carbons (Fsp3) is 1.00. The molecule has 0 bridgehead atoms. The van der Waals surface area contributed by atoms with Gasteiger partial charge in [0.05, 0.1) is 4.75 Å². The molecule has 1 heterocycles. The lowest BCUT2D eigenvalue weighted by atomic mass is 9.96. The quantitative estimate of drug-likeness (QED) is 0.739. The van der Waals surface area contributed by atoms with Crippen molar-refractivity contribution in [2.75, 3.05) is 13.1 Å². The molecule has 1 rings (SSSR count). The van der Waals surface area contributed by atoms with E-state index in [4.69, 9.17) is 0 Å². The molecule has 0 aromatic rings. The van der Waals surface area contributed by atoms with Crippen LogP contribution in [0.2, 0.25) is 0 Å². The molecule has 90 valence electrons. The number of hydrogen-bond acceptors (Lipinski definition) is 3. The third-order valence-corrected chi connectivity index (χ3v) is 5.17. The molecule has 15 heavy (non-hydrogen) atoms. The number of rotatable bonds is 2. The predicted molar refractivity (Wildman–Crippen MR) is 62.2 cm³/mol. The van der Waals surface area contributed by atoms with Gasteiger partial charge in [-0.1, -0.05) is 6.92 Å². The summed E-state index contributed by atoms with van der Waals surface area (Å²) < 4.78 is 25.9. The lowest BCUT2D eigenvalue weighted by Gasteiger charge is -2.32. The molecule has 1 aliphatic rings. The molecule has 5 heteroatoms. The van der Waals surface area contributed by atoms with E-state index >= 15 is 0 Å². The molecular formula is C10H22N2O2S. The summed E-state index contributed by atoms with van der Waals surface area (Å²) in [5.41, 5.74) is 0. The minimum atomic E-state index is -3.22. The second-order valence-electron chi connectivity index (χ2n) is 5.31. The molecule has 1 aliphatic heterocycles. The largest absolute Gasteiger partial charge is 0.315 e. The first-order valence-electron chi connectivity index (χ1n) is 5.46. The Hall–Kier alpha value is -0.130. The average Bonchev–Trinajstić information content (AvgIpc) is 2.06. The van der Waals surface area contributed by atoms with Crippen LogP contribution in [0.25, 0.3) is 0 Å². The molecule has 2 atom stereocenters. The van der Waals surface area contributed by atoms with Crippen LogP contribution in [0.5, 0.6) is 0 Å².